The molecule has 4 aliphatic heterocycles. The average molecular weight is 1120 g/mol. The number of ether oxygens (including phenoxy) is 1. The lowest BCUT2D eigenvalue weighted by Gasteiger charge is -2.15. The summed E-state index contributed by atoms with van der Waals surface area (Å²) in [5.74, 6) is 4.62. The lowest BCUT2D eigenvalue weighted by molar-refractivity contribution is -0.144. The van der Waals surface area contributed by atoms with Gasteiger partial charge in [0.25, 0.3) is 0 Å². The summed E-state index contributed by atoms with van der Waals surface area (Å²) in [6.07, 6.45) is 6.20. The van der Waals surface area contributed by atoms with Crippen molar-refractivity contribution in [1.29, 1.82) is 10.7 Å². The Morgan fingerprint density at radius 3 is 1.32 bits per heavy atom. The van der Waals surface area contributed by atoms with Gasteiger partial charge in [-0.15, -0.1) is 0 Å². The van der Waals surface area contributed by atoms with Crippen molar-refractivity contribution in [3.8, 4) is 51.2 Å². The van der Waals surface area contributed by atoms with E-state index < -0.39 is 0 Å². The highest BCUT2D eigenvalue weighted by Crippen LogP contribution is 2.31. The zero-order valence-corrected chi connectivity index (χ0v) is 47.9. The van der Waals surface area contributed by atoms with E-state index in [0.29, 0.717) is 17.6 Å². The highest BCUT2D eigenvalue weighted by atomic mass is 16.5. The molecule has 4 fully saturated rings. The van der Waals surface area contributed by atoms with Crippen molar-refractivity contribution in [3.05, 3.63) is 229 Å². The Morgan fingerprint density at radius 1 is 0.512 bits per heavy atom. The predicted octanol–water partition coefficient (Wildman–Crippen LogP) is 11.7. The summed E-state index contributed by atoms with van der Waals surface area (Å²) in [5.41, 5.74) is 16.3. The van der Waals surface area contributed by atoms with Crippen molar-refractivity contribution in [1.82, 2.24) is 50.0 Å². The van der Waals surface area contributed by atoms with Gasteiger partial charge in [0, 0.05) is 81.2 Å². The van der Waals surface area contributed by atoms with E-state index in [4.69, 9.17) is 26.1 Å². The lowest BCUT2D eigenvalue weighted by atomic mass is 10.0. The molecule has 0 saturated carbocycles. The third-order valence-corrected chi connectivity index (χ3v) is 16.1. The number of benzene rings is 7. The van der Waals surface area contributed by atoms with Crippen LogP contribution in [0.15, 0.2) is 200 Å². The molecule has 13 rings (SSSR count). The number of carbonyl (C=O) groups excluding carboxylic acids is 1. The van der Waals surface area contributed by atoms with Gasteiger partial charge in [0.2, 0.25) is 0 Å². The Kier molecular flexibility index (Phi) is 20.2. The van der Waals surface area contributed by atoms with Crippen LogP contribution in [0.1, 0.15) is 65.9 Å². The number of carbonyl (C=O) groups is 1. The molecular weight excluding hydrogens is 1040 g/mol. The highest BCUT2D eigenvalue weighted by Gasteiger charge is 2.30. The molecule has 4 saturated heterocycles. The highest BCUT2D eigenvalue weighted by molar-refractivity contribution is 5.80. The third kappa shape index (κ3) is 16.1. The molecule has 84 heavy (non-hydrogen) atoms. The zero-order valence-electron chi connectivity index (χ0n) is 47.9. The number of amidine groups is 1. The summed E-state index contributed by atoms with van der Waals surface area (Å²) in [6, 6.07) is 68.8. The van der Waals surface area contributed by atoms with Crippen LogP contribution >= 0.6 is 0 Å². The number of esters is 1. The Hall–Kier alpha value is -9.07. The molecule has 2 aromatic heterocycles. The standard InChI is InChI=1S/C25H24N4.C19H17N5.C13H17NO2.C12H17N3/c1-3-8-19(9-4-1)17-29-15-14-23(18-29)25-26-24(27-28-25)22-13-7-12-21(16-22)20-10-5-2-6-11-20;20-13-24-10-9-17(12-24)19-21-18(22-23-19)16-8-4-7-15(11-16)14-5-2-1-3-6-14;1-16-13(15)12-7-8-14(10-12)9-11-5-3-2-4-6-11;13-12(14)11-6-7-15(9-11)8-10-4-2-1-3-5-10/h1-13,16,23H,14-15,17-18H2,(H,26,27,28);1-8,11,17H,9-10,12H2,(H,21,22,23);2-6,12H,7-10H2,1H3;1-5,11H,6-9H2,(H3,13,14). The van der Waals surface area contributed by atoms with Crippen LogP contribution < -0.4 is 5.73 Å². The number of hydrogen-bond acceptors (Lipinski definition) is 12. The molecule has 15 nitrogen and oxygen atoms in total. The summed E-state index contributed by atoms with van der Waals surface area (Å²) < 4.78 is 4.77. The second kappa shape index (κ2) is 29.3. The number of hydrogen-bond donors (Lipinski definition) is 4. The summed E-state index contributed by atoms with van der Waals surface area (Å²) in [5, 5.41) is 31.5. The zero-order chi connectivity index (χ0) is 57.9. The van der Waals surface area contributed by atoms with Gasteiger partial charge < -0.3 is 15.4 Å². The number of methoxy groups -OCH3 is 1. The van der Waals surface area contributed by atoms with Gasteiger partial charge >= 0.3 is 5.97 Å². The summed E-state index contributed by atoms with van der Waals surface area (Å²) >= 11 is 0. The van der Waals surface area contributed by atoms with E-state index in [9.17, 15) is 4.79 Å². The maximum Gasteiger partial charge on any atom is 0.310 e. The first kappa shape index (κ1) is 58.1. The van der Waals surface area contributed by atoms with Crippen LogP contribution in [-0.2, 0) is 29.2 Å². The van der Waals surface area contributed by atoms with Crippen LogP contribution in [0.4, 0.5) is 0 Å². The van der Waals surface area contributed by atoms with Crippen LogP contribution in [0.5, 0.6) is 0 Å². The first-order chi connectivity index (χ1) is 41.2. The molecule has 7 aromatic carbocycles. The first-order valence-electron chi connectivity index (χ1n) is 29.2. The fourth-order valence-electron chi connectivity index (χ4n) is 11.5. The van der Waals surface area contributed by atoms with Crippen molar-refractivity contribution < 1.29 is 9.53 Å². The minimum atomic E-state index is -0.0736. The Morgan fingerprint density at radius 2 is 0.893 bits per heavy atom. The molecule has 15 heteroatoms. The Labute approximate surface area is 493 Å². The minimum Gasteiger partial charge on any atom is -0.469 e. The number of H-pyrrole nitrogens is 2. The van der Waals surface area contributed by atoms with E-state index in [0.717, 1.165) is 132 Å². The molecule has 428 valence electrons. The average Bonchev–Trinajstić information content (AvgIpc) is 4.47. The lowest BCUT2D eigenvalue weighted by Crippen LogP contribution is -2.26. The van der Waals surface area contributed by atoms with E-state index in [1.807, 2.05) is 60.7 Å². The van der Waals surface area contributed by atoms with Crippen molar-refractivity contribution in [2.45, 2.75) is 57.2 Å². The van der Waals surface area contributed by atoms with Gasteiger partial charge in [-0.05, 0) is 96.4 Å². The van der Waals surface area contributed by atoms with Gasteiger partial charge in [-0.2, -0.15) is 15.5 Å². The molecule has 4 unspecified atom stereocenters. The SMILES string of the molecule is COC(=O)C1CCN(Cc2ccccc2)C1.N#CN1CCC(c2nc(-c3cccc(-c4ccccc4)c3)n[nH]2)C1.N=C(N)C1CCN(Cc2ccccc2)C1.c1ccc(CN2CCC(c3nc(-c4cccc(-c5ccccc5)c4)n[nH]3)C2)cc1. The number of aromatic nitrogens is 6. The predicted molar refractivity (Wildman–Crippen MR) is 332 cm³/mol. The van der Waals surface area contributed by atoms with Crippen molar-refractivity contribution in [2.75, 3.05) is 59.5 Å². The first-order valence-corrected chi connectivity index (χ1v) is 29.2. The van der Waals surface area contributed by atoms with E-state index in [1.54, 1.807) is 4.90 Å². The molecule has 0 amide bonds. The maximum atomic E-state index is 11.4. The van der Waals surface area contributed by atoms with Gasteiger partial charge in [-0.25, -0.2) is 9.97 Å². The number of aromatic amines is 2. The molecule has 4 aliphatic rings. The molecule has 0 bridgehead atoms. The number of rotatable bonds is 14. The number of likely N-dealkylation sites (tertiary alicyclic amines) is 4. The van der Waals surface area contributed by atoms with E-state index in [-0.39, 0.29) is 23.7 Å². The van der Waals surface area contributed by atoms with Gasteiger partial charge in [-0.1, -0.05) is 188 Å². The van der Waals surface area contributed by atoms with Crippen LogP contribution in [0, 0.1) is 28.7 Å². The Bertz CT molecular complexity index is 3520. The van der Waals surface area contributed by atoms with Crippen molar-refractivity contribution >= 4 is 11.8 Å². The molecule has 0 aliphatic carbocycles. The topological polar surface area (TPSA) is 196 Å². The maximum absolute atomic E-state index is 11.4. The molecular formula is C69H75N13O2. The van der Waals surface area contributed by atoms with Crippen molar-refractivity contribution in [2.24, 2.45) is 17.6 Å². The van der Waals surface area contributed by atoms with Gasteiger partial charge in [0.15, 0.2) is 17.8 Å². The van der Waals surface area contributed by atoms with Crippen molar-refractivity contribution in [3.63, 3.8) is 0 Å². The molecule has 0 spiro atoms. The number of nitrogens with one attached hydrogen (secondary N) is 3. The molecule has 4 atom stereocenters. The molecule has 6 heterocycles. The summed E-state index contributed by atoms with van der Waals surface area (Å²) in [6.45, 7) is 10.3. The quantitative estimate of drug-likeness (QED) is 0.0349. The fraction of sp³-hybridized carbons (Fsp3) is 0.290. The van der Waals surface area contributed by atoms with Crippen LogP contribution in [-0.4, -0.2) is 121 Å². The summed E-state index contributed by atoms with van der Waals surface area (Å²) in [7, 11) is 1.46. The number of nitriles is 1. The second-order valence-electron chi connectivity index (χ2n) is 22.1. The molecule has 0 radical (unpaired) electrons. The van der Waals surface area contributed by atoms with Crippen LogP contribution in [0.25, 0.3) is 45.0 Å². The summed E-state index contributed by atoms with van der Waals surface area (Å²) in [4.78, 5) is 29.8. The molecule has 9 aromatic rings. The van der Waals surface area contributed by atoms with Gasteiger partial charge in [0.1, 0.15) is 11.6 Å². The van der Waals surface area contributed by atoms with E-state index in [2.05, 4.69) is 186 Å². The van der Waals surface area contributed by atoms with Crippen LogP contribution in [0.3, 0.4) is 0 Å². The third-order valence-electron chi connectivity index (χ3n) is 16.1. The van der Waals surface area contributed by atoms with E-state index >= 15 is 0 Å². The van der Waals surface area contributed by atoms with Gasteiger partial charge in [-0.3, -0.25) is 35.1 Å². The largest absolute Gasteiger partial charge is 0.469 e. The second-order valence-corrected chi connectivity index (χ2v) is 22.1. The van der Waals surface area contributed by atoms with Gasteiger partial charge in [0.05, 0.1) is 18.9 Å². The Balaban J connectivity index is 0.000000130. The van der Waals surface area contributed by atoms with Crippen LogP contribution in [0.2, 0.25) is 0 Å². The number of nitrogens with two attached hydrogens (primary N) is 1. The fourth-order valence-corrected chi connectivity index (χ4v) is 11.5. The normalized spacial score (nSPS) is 18.5. The molecule has 5 N–H and O–H groups in total. The smallest absolute Gasteiger partial charge is 0.310 e. The minimum absolute atomic E-state index is 0.0636. The number of nitrogens with zero attached hydrogens (tertiary/aromatic N) is 9. The van der Waals surface area contributed by atoms with E-state index in [1.165, 1.54) is 40.5 Å². The monoisotopic (exact) mass is 1120 g/mol.